The van der Waals surface area contributed by atoms with Gasteiger partial charge in [0.25, 0.3) is 5.91 Å². The molecule has 0 saturated heterocycles. The van der Waals surface area contributed by atoms with Crippen LogP contribution in [0, 0.1) is 6.92 Å². The SMILES string of the molecule is COc1cc(/C=N\NC(=O)c2cc(C)[nH]n2)cc(OC)c1O. The summed E-state index contributed by atoms with van der Waals surface area (Å²) in [6.07, 6.45) is 1.40. The highest BCUT2D eigenvalue weighted by molar-refractivity contribution is 5.93. The van der Waals surface area contributed by atoms with E-state index in [1.165, 1.54) is 20.4 Å². The number of ether oxygens (including phenoxy) is 2. The van der Waals surface area contributed by atoms with Crippen LogP contribution in [0.25, 0.3) is 0 Å². The molecule has 0 atom stereocenters. The van der Waals surface area contributed by atoms with E-state index in [0.29, 0.717) is 5.56 Å². The number of hydrazone groups is 1. The summed E-state index contributed by atoms with van der Waals surface area (Å²) in [5.74, 6) is -0.0402. The van der Waals surface area contributed by atoms with E-state index in [-0.39, 0.29) is 22.9 Å². The number of nitrogens with zero attached hydrogens (tertiary/aromatic N) is 2. The Hall–Kier alpha value is -3.03. The van der Waals surface area contributed by atoms with E-state index in [1.807, 2.05) is 0 Å². The second kappa shape index (κ2) is 6.61. The summed E-state index contributed by atoms with van der Waals surface area (Å²) in [5, 5.41) is 20.1. The summed E-state index contributed by atoms with van der Waals surface area (Å²) >= 11 is 0. The zero-order valence-electron chi connectivity index (χ0n) is 12.4. The van der Waals surface area contributed by atoms with E-state index < -0.39 is 5.91 Å². The molecule has 0 spiro atoms. The number of hydrogen-bond acceptors (Lipinski definition) is 6. The Kier molecular flexibility index (Phi) is 4.62. The molecule has 8 heteroatoms. The quantitative estimate of drug-likeness (QED) is 0.568. The largest absolute Gasteiger partial charge is 0.502 e. The second-order valence-corrected chi connectivity index (χ2v) is 4.41. The molecular weight excluding hydrogens is 288 g/mol. The lowest BCUT2D eigenvalue weighted by Crippen LogP contribution is -2.18. The Morgan fingerprint density at radius 1 is 1.32 bits per heavy atom. The van der Waals surface area contributed by atoms with Gasteiger partial charge in [0, 0.05) is 11.3 Å². The molecular formula is C14H16N4O4. The summed E-state index contributed by atoms with van der Waals surface area (Å²) in [5.41, 5.74) is 3.97. The number of nitrogens with one attached hydrogen (secondary N) is 2. The Morgan fingerprint density at radius 2 is 1.95 bits per heavy atom. The molecule has 0 unspecified atom stereocenters. The van der Waals surface area contributed by atoms with Crippen molar-refractivity contribution in [1.29, 1.82) is 0 Å². The monoisotopic (exact) mass is 304 g/mol. The number of phenolic OH excluding ortho intramolecular Hbond substituents is 1. The second-order valence-electron chi connectivity index (χ2n) is 4.41. The van der Waals surface area contributed by atoms with E-state index in [2.05, 4.69) is 20.7 Å². The van der Waals surface area contributed by atoms with E-state index in [0.717, 1.165) is 5.69 Å². The van der Waals surface area contributed by atoms with Gasteiger partial charge in [0.15, 0.2) is 17.2 Å². The first-order valence-electron chi connectivity index (χ1n) is 6.35. The van der Waals surface area contributed by atoms with Crippen LogP contribution in [0.15, 0.2) is 23.3 Å². The number of carbonyl (C=O) groups excluding carboxylic acids is 1. The van der Waals surface area contributed by atoms with E-state index in [1.54, 1.807) is 25.1 Å². The molecule has 1 amide bonds. The Balaban J connectivity index is 2.11. The number of phenols is 1. The van der Waals surface area contributed by atoms with Crippen LogP contribution in [0.4, 0.5) is 0 Å². The van der Waals surface area contributed by atoms with E-state index >= 15 is 0 Å². The number of methoxy groups -OCH3 is 2. The van der Waals surface area contributed by atoms with Gasteiger partial charge in [0.1, 0.15) is 0 Å². The minimum absolute atomic E-state index is 0.0989. The van der Waals surface area contributed by atoms with Gasteiger partial charge in [-0.15, -0.1) is 0 Å². The van der Waals surface area contributed by atoms with Crippen molar-refractivity contribution in [1.82, 2.24) is 15.6 Å². The zero-order chi connectivity index (χ0) is 16.1. The first kappa shape index (κ1) is 15.4. The predicted octanol–water partition coefficient (Wildman–Crippen LogP) is 1.20. The number of aromatic amines is 1. The van der Waals surface area contributed by atoms with Gasteiger partial charge in [-0.2, -0.15) is 10.2 Å². The third-order valence-electron chi connectivity index (χ3n) is 2.82. The minimum Gasteiger partial charge on any atom is -0.502 e. The highest BCUT2D eigenvalue weighted by Gasteiger charge is 2.11. The Bertz CT molecular complexity index is 684. The molecule has 0 fully saturated rings. The van der Waals surface area contributed by atoms with Crippen molar-refractivity contribution in [2.45, 2.75) is 6.92 Å². The molecule has 0 aliphatic carbocycles. The molecule has 0 radical (unpaired) electrons. The molecule has 0 saturated carbocycles. The van der Waals surface area contributed by atoms with E-state index in [4.69, 9.17) is 9.47 Å². The lowest BCUT2D eigenvalue weighted by atomic mass is 10.2. The topological polar surface area (TPSA) is 109 Å². The van der Waals surface area contributed by atoms with Crippen molar-refractivity contribution in [3.8, 4) is 17.2 Å². The molecule has 116 valence electrons. The number of amides is 1. The fourth-order valence-electron chi connectivity index (χ4n) is 1.75. The maximum atomic E-state index is 11.8. The van der Waals surface area contributed by atoms with Crippen LogP contribution in [-0.2, 0) is 0 Å². The Labute approximate surface area is 126 Å². The standard InChI is InChI=1S/C14H16N4O4/c1-8-4-10(17-16-8)14(20)18-15-7-9-5-11(21-2)13(19)12(6-9)22-3/h4-7,19H,1-3H3,(H,16,17)(H,18,20)/b15-7-. The van der Waals surface area contributed by atoms with Crippen molar-refractivity contribution in [3.63, 3.8) is 0 Å². The fourth-order valence-corrected chi connectivity index (χ4v) is 1.75. The maximum Gasteiger partial charge on any atom is 0.291 e. The minimum atomic E-state index is -0.432. The number of H-pyrrole nitrogens is 1. The number of hydrogen-bond donors (Lipinski definition) is 3. The highest BCUT2D eigenvalue weighted by Crippen LogP contribution is 2.36. The number of aromatic hydroxyl groups is 1. The van der Waals surface area contributed by atoms with Crippen LogP contribution in [-0.4, -0.2) is 41.6 Å². The normalized spacial score (nSPS) is 10.7. The average molecular weight is 304 g/mol. The summed E-state index contributed by atoms with van der Waals surface area (Å²) in [6, 6.07) is 4.73. The summed E-state index contributed by atoms with van der Waals surface area (Å²) < 4.78 is 10.1. The Morgan fingerprint density at radius 3 is 2.45 bits per heavy atom. The van der Waals surface area contributed by atoms with Crippen LogP contribution in [0.2, 0.25) is 0 Å². The molecule has 1 aromatic heterocycles. The molecule has 3 N–H and O–H groups in total. The van der Waals surface area contributed by atoms with Crippen molar-refractivity contribution < 1.29 is 19.4 Å². The third kappa shape index (κ3) is 3.35. The molecule has 2 aromatic rings. The van der Waals surface area contributed by atoms with Crippen molar-refractivity contribution >= 4 is 12.1 Å². The van der Waals surface area contributed by atoms with Crippen LogP contribution in [0.5, 0.6) is 17.2 Å². The molecule has 1 aromatic carbocycles. The molecule has 22 heavy (non-hydrogen) atoms. The van der Waals surface area contributed by atoms with Crippen LogP contribution in [0.1, 0.15) is 21.7 Å². The van der Waals surface area contributed by atoms with E-state index in [9.17, 15) is 9.90 Å². The fraction of sp³-hybridized carbons (Fsp3) is 0.214. The number of rotatable bonds is 5. The van der Waals surface area contributed by atoms with Gasteiger partial charge in [-0.3, -0.25) is 9.89 Å². The third-order valence-corrected chi connectivity index (χ3v) is 2.82. The molecule has 1 heterocycles. The van der Waals surface area contributed by atoms with Crippen LogP contribution < -0.4 is 14.9 Å². The van der Waals surface area contributed by atoms with Gasteiger partial charge in [-0.1, -0.05) is 0 Å². The predicted molar refractivity (Wildman–Crippen MR) is 79.6 cm³/mol. The number of aromatic nitrogens is 2. The van der Waals surface area contributed by atoms with Gasteiger partial charge in [-0.25, -0.2) is 5.43 Å². The zero-order valence-corrected chi connectivity index (χ0v) is 12.4. The van der Waals surface area contributed by atoms with Gasteiger partial charge in [0.2, 0.25) is 5.75 Å². The van der Waals surface area contributed by atoms with Gasteiger partial charge < -0.3 is 14.6 Å². The summed E-state index contributed by atoms with van der Waals surface area (Å²) in [6.45, 7) is 1.79. The molecule has 0 aliphatic rings. The molecule has 2 rings (SSSR count). The summed E-state index contributed by atoms with van der Waals surface area (Å²) in [4.78, 5) is 11.8. The van der Waals surface area contributed by atoms with Crippen molar-refractivity contribution in [3.05, 3.63) is 35.2 Å². The summed E-state index contributed by atoms with van der Waals surface area (Å²) in [7, 11) is 2.86. The van der Waals surface area contributed by atoms with Crippen molar-refractivity contribution in [2.75, 3.05) is 14.2 Å². The molecule has 0 bridgehead atoms. The lowest BCUT2D eigenvalue weighted by molar-refractivity contribution is 0.0950. The molecule has 8 nitrogen and oxygen atoms in total. The number of aryl methyl sites for hydroxylation is 1. The lowest BCUT2D eigenvalue weighted by Gasteiger charge is -2.09. The molecule has 0 aliphatic heterocycles. The smallest absolute Gasteiger partial charge is 0.291 e. The maximum absolute atomic E-state index is 11.8. The van der Waals surface area contributed by atoms with Gasteiger partial charge in [0.05, 0.1) is 20.4 Å². The highest BCUT2D eigenvalue weighted by atomic mass is 16.5. The first-order chi connectivity index (χ1) is 10.5. The van der Waals surface area contributed by atoms with Gasteiger partial charge in [-0.05, 0) is 25.1 Å². The average Bonchev–Trinajstić information content (AvgIpc) is 2.95. The first-order valence-corrected chi connectivity index (χ1v) is 6.35. The number of benzene rings is 1. The van der Waals surface area contributed by atoms with Crippen LogP contribution in [0.3, 0.4) is 0 Å². The van der Waals surface area contributed by atoms with Crippen LogP contribution >= 0.6 is 0 Å². The van der Waals surface area contributed by atoms with Crippen molar-refractivity contribution in [2.24, 2.45) is 5.10 Å². The van der Waals surface area contributed by atoms with Gasteiger partial charge >= 0.3 is 0 Å². The number of carbonyl (C=O) groups is 1.